The van der Waals surface area contributed by atoms with E-state index in [9.17, 15) is 9.59 Å². The van der Waals surface area contributed by atoms with E-state index < -0.39 is 11.9 Å². The lowest BCUT2D eigenvalue weighted by atomic mass is 9.79. The Bertz CT molecular complexity index is 215. The number of rotatable bonds is 3. The molecule has 0 aliphatic carbocycles. The molecule has 4 heteroatoms. The van der Waals surface area contributed by atoms with Gasteiger partial charge in [0.15, 0.2) is 0 Å². The molecule has 0 unspecified atom stereocenters. The SMILES string of the molecule is COC(=O)C[C@H](C(=O)OC)C(C)(C)C. The lowest BCUT2D eigenvalue weighted by Gasteiger charge is -2.27. The summed E-state index contributed by atoms with van der Waals surface area (Å²) in [4.78, 5) is 22.4. The van der Waals surface area contributed by atoms with E-state index >= 15 is 0 Å². The van der Waals surface area contributed by atoms with E-state index in [0.717, 1.165) is 0 Å². The van der Waals surface area contributed by atoms with E-state index in [1.807, 2.05) is 20.8 Å². The molecule has 14 heavy (non-hydrogen) atoms. The van der Waals surface area contributed by atoms with Crippen molar-refractivity contribution in [1.29, 1.82) is 0 Å². The molecule has 0 fully saturated rings. The second kappa shape index (κ2) is 4.98. The molecule has 0 bridgehead atoms. The maximum atomic E-state index is 11.4. The first-order valence-corrected chi connectivity index (χ1v) is 4.47. The van der Waals surface area contributed by atoms with Gasteiger partial charge in [-0.05, 0) is 5.41 Å². The molecule has 0 amide bonds. The van der Waals surface area contributed by atoms with Gasteiger partial charge in [-0.1, -0.05) is 20.8 Å². The van der Waals surface area contributed by atoms with E-state index in [-0.39, 0.29) is 17.8 Å². The Morgan fingerprint density at radius 1 is 1.14 bits per heavy atom. The summed E-state index contributed by atoms with van der Waals surface area (Å²) in [5.74, 6) is -1.22. The van der Waals surface area contributed by atoms with Gasteiger partial charge in [0.2, 0.25) is 0 Å². The number of esters is 2. The van der Waals surface area contributed by atoms with Gasteiger partial charge in [-0.15, -0.1) is 0 Å². The standard InChI is InChI=1S/C10H18O4/c1-10(2,3)7(9(12)14-5)6-8(11)13-4/h7H,6H2,1-5H3/t7-/m1/s1. The second-order valence-corrected chi connectivity index (χ2v) is 4.22. The Morgan fingerprint density at radius 2 is 1.64 bits per heavy atom. The van der Waals surface area contributed by atoms with E-state index in [1.54, 1.807) is 0 Å². The molecule has 0 aromatic rings. The highest BCUT2D eigenvalue weighted by Gasteiger charge is 2.34. The van der Waals surface area contributed by atoms with Gasteiger partial charge in [0.05, 0.1) is 26.6 Å². The van der Waals surface area contributed by atoms with Crippen LogP contribution in [0.4, 0.5) is 0 Å². The summed E-state index contributed by atoms with van der Waals surface area (Å²) in [7, 11) is 2.62. The first kappa shape index (κ1) is 12.9. The van der Waals surface area contributed by atoms with E-state index in [2.05, 4.69) is 9.47 Å². The third-order valence-electron chi connectivity index (χ3n) is 2.13. The first-order valence-electron chi connectivity index (χ1n) is 4.47. The van der Waals surface area contributed by atoms with Crippen LogP contribution in [-0.4, -0.2) is 26.2 Å². The third kappa shape index (κ3) is 3.77. The summed E-state index contributed by atoms with van der Waals surface area (Å²) < 4.78 is 9.16. The van der Waals surface area contributed by atoms with Gasteiger partial charge in [-0.3, -0.25) is 9.59 Å². The van der Waals surface area contributed by atoms with Crippen LogP contribution in [0.3, 0.4) is 0 Å². The normalized spacial score (nSPS) is 13.2. The van der Waals surface area contributed by atoms with Crippen LogP contribution in [-0.2, 0) is 19.1 Å². The van der Waals surface area contributed by atoms with Crippen LogP contribution in [0.2, 0.25) is 0 Å². The minimum atomic E-state index is -0.458. The molecule has 0 aromatic carbocycles. The van der Waals surface area contributed by atoms with Crippen molar-refractivity contribution in [3.8, 4) is 0 Å². The Labute approximate surface area is 84.6 Å². The van der Waals surface area contributed by atoms with Gasteiger partial charge in [0, 0.05) is 0 Å². The van der Waals surface area contributed by atoms with Crippen molar-refractivity contribution in [3.63, 3.8) is 0 Å². The molecule has 0 saturated heterocycles. The van der Waals surface area contributed by atoms with Crippen LogP contribution in [0.5, 0.6) is 0 Å². The topological polar surface area (TPSA) is 52.6 Å². The summed E-state index contributed by atoms with van der Waals surface area (Å²) in [6.45, 7) is 5.66. The zero-order chi connectivity index (χ0) is 11.4. The molecule has 0 spiro atoms. The number of hydrogen-bond donors (Lipinski definition) is 0. The van der Waals surface area contributed by atoms with E-state index in [0.29, 0.717) is 0 Å². The predicted molar refractivity (Wildman–Crippen MR) is 51.6 cm³/mol. The van der Waals surface area contributed by atoms with Gasteiger partial charge in [-0.25, -0.2) is 0 Å². The number of carbonyl (C=O) groups excluding carboxylic acids is 2. The van der Waals surface area contributed by atoms with Crippen molar-refractivity contribution >= 4 is 11.9 Å². The zero-order valence-corrected chi connectivity index (χ0v) is 9.42. The van der Waals surface area contributed by atoms with Gasteiger partial charge in [0.1, 0.15) is 0 Å². The van der Waals surface area contributed by atoms with E-state index in [1.165, 1.54) is 14.2 Å². The Kier molecular flexibility index (Phi) is 4.60. The van der Waals surface area contributed by atoms with Crippen LogP contribution >= 0.6 is 0 Å². The van der Waals surface area contributed by atoms with Crippen LogP contribution in [0.15, 0.2) is 0 Å². The van der Waals surface area contributed by atoms with E-state index in [4.69, 9.17) is 0 Å². The summed E-state index contributed by atoms with van der Waals surface area (Å²) in [6, 6.07) is 0. The van der Waals surface area contributed by atoms with Crippen LogP contribution in [0, 0.1) is 11.3 Å². The smallest absolute Gasteiger partial charge is 0.309 e. The minimum Gasteiger partial charge on any atom is -0.469 e. The zero-order valence-electron chi connectivity index (χ0n) is 9.42. The molecule has 0 aliphatic heterocycles. The average molecular weight is 202 g/mol. The largest absolute Gasteiger partial charge is 0.469 e. The lowest BCUT2D eigenvalue weighted by Crippen LogP contribution is -2.32. The van der Waals surface area contributed by atoms with Crippen molar-refractivity contribution in [2.45, 2.75) is 27.2 Å². The third-order valence-corrected chi connectivity index (χ3v) is 2.13. The van der Waals surface area contributed by atoms with Gasteiger partial charge < -0.3 is 9.47 Å². The van der Waals surface area contributed by atoms with Crippen molar-refractivity contribution in [3.05, 3.63) is 0 Å². The molecule has 0 heterocycles. The Balaban J connectivity index is 4.58. The molecular weight excluding hydrogens is 184 g/mol. The molecular formula is C10H18O4. The number of ether oxygens (including phenoxy) is 2. The summed E-state index contributed by atoms with van der Waals surface area (Å²) >= 11 is 0. The van der Waals surface area contributed by atoms with Crippen LogP contribution in [0.25, 0.3) is 0 Å². The molecule has 4 nitrogen and oxygen atoms in total. The maximum Gasteiger partial charge on any atom is 0.309 e. The summed E-state index contributed by atoms with van der Waals surface area (Å²) in [5, 5.41) is 0. The van der Waals surface area contributed by atoms with Crippen molar-refractivity contribution in [2.24, 2.45) is 11.3 Å². The summed E-state index contributed by atoms with van der Waals surface area (Å²) in [6.07, 6.45) is 0.0622. The average Bonchev–Trinajstić information content (AvgIpc) is 2.10. The fourth-order valence-electron chi connectivity index (χ4n) is 1.14. The van der Waals surface area contributed by atoms with Crippen LogP contribution < -0.4 is 0 Å². The highest BCUT2D eigenvalue weighted by atomic mass is 16.5. The van der Waals surface area contributed by atoms with Crippen molar-refractivity contribution in [2.75, 3.05) is 14.2 Å². The second-order valence-electron chi connectivity index (χ2n) is 4.22. The molecule has 0 saturated carbocycles. The fourth-order valence-corrected chi connectivity index (χ4v) is 1.14. The predicted octanol–water partition coefficient (Wildman–Crippen LogP) is 1.38. The first-order chi connectivity index (χ1) is 6.32. The number of methoxy groups -OCH3 is 2. The highest BCUT2D eigenvalue weighted by molar-refractivity contribution is 5.80. The number of hydrogen-bond acceptors (Lipinski definition) is 4. The molecule has 82 valence electrons. The fraction of sp³-hybridized carbons (Fsp3) is 0.800. The van der Waals surface area contributed by atoms with Gasteiger partial charge in [-0.2, -0.15) is 0 Å². The molecule has 1 atom stereocenters. The lowest BCUT2D eigenvalue weighted by molar-refractivity contribution is -0.155. The Morgan fingerprint density at radius 3 is 1.93 bits per heavy atom. The monoisotopic (exact) mass is 202 g/mol. The van der Waals surface area contributed by atoms with Crippen LogP contribution in [0.1, 0.15) is 27.2 Å². The summed E-state index contributed by atoms with van der Waals surface area (Å²) in [5.41, 5.74) is -0.304. The molecule has 0 radical (unpaired) electrons. The maximum absolute atomic E-state index is 11.4. The van der Waals surface area contributed by atoms with Crippen molar-refractivity contribution in [1.82, 2.24) is 0 Å². The van der Waals surface area contributed by atoms with Gasteiger partial charge in [0.25, 0.3) is 0 Å². The van der Waals surface area contributed by atoms with Crippen molar-refractivity contribution < 1.29 is 19.1 Å². The quantitative estimate of drug-likeness (QED) is 0.649. The molecule has 0 rings (SSSR count). The molecule has 0 aliphatic rings. The number of carbonyl (C=O) groups is 2. The minimum absolute atomic E-state index is 0.0622. The Hall–Kier alpha value is -1.06. The molecule has 0 N–H and O–H groups in total. The molecule has 0 aromatic heterocycles. The highest BCUT2D eigenvalue weighted by Crippen LogP contribution is 2.29. The van der Waals surface area contributed by atoms with Gasteiger partial charge >= 0.3 is 11.9 Å².